The van der Waals surface area contributed by atoms with Crippen LogP contribution < -0.4 is 15.4 Å². The van der Waals surface area contributed by atoms with Crippen LogP contribution in [0.25, 0.3) is 0 Å². The second-order valence-electron chi connectivity index (χ2n) is 7.60. The molecule has 2 amide bonds. The number of amides is 2. The molecule has 0 heterocycles. The molecule has 0 saturated heterocycles. The van der Waals surface area contributed by atoms with Crippen LogP contribution in [0.5, 0.6) is 11.5 Å². The van der Waals surface area contributed by atoms with Crippen LogP contribution in [0.2, 0.25) is 5.02 Å². The Morgan fingerprint density at radius 3 is 2.20 bits per heavy atom. The number of anilines is 2. The van der Waals surface area contributed by atoms with Gasteiger partial charge in [-0.05, 0) is 79.6 Å². The third-order valence-electron chi connectivity index (χ3n) is 4.88. The Morgan fingerprint density at radius 2 is 1.51 bits per heavy atom. The Hall–Kier alpha value is -3.36. The van der Waals surface area contributed by atoms with Crippen molar-refractivity contribution in [1.29, 1.82) is 0 Å². The van der Waals surface area contributed by atoms with E-state index in [9.17, 15) is 14.4 Å². The first-order valence-electron chi connectivity index (χ1n) is 10.8. The number of hydrogen-bond acceptors (Lipinski definition) is 5. The molecule has 2 N–H and O–H groups in total. The molecule has 0 unspecified atom stereocenters. The number of halogens is 2. The van der Waals surface area contributed by atoms with E-state index in [4.69, 9.17) is 21.1 Å². The maximum atomic E-state index is 12.2. The summed E-state index contributed by atoms with van der Waals surface area (Å²) in [5, 5.41) is 5.96. The standard InChI is InChI=1S/C26H24BrClN2O5/c1-17-22(28)4-2-5-23(17)30-25(32)16-34-26(33)7-3-6-24(31)29-19-10-14-21(15-11-19)35-20-12-8-18(27)9-13-20/h2,4-5,8-15H,3,6-7,16H2,1H3,(H,29,31)(H,30,32). The van der Waals surface area contributed by atoms with Gasteiger partial charge in [0.2, 0.25) is 5.91 Å². The van der Waals surface area contributed by atoms with Gasteiger partial charge >= 0.3 is 5.97 Å². The van der Waals surface area contributed by atoms with Gasteiger partial charge in [0.1, 0.15) is 11.5 Å². The highest BCUT2D eigenvalue weighted by molar-refractivity contribution is 9.10. The molecule has 9 heteroatoms. The number of esters is 1. The van der Waals surface area contributed by atoms with E-state index in [-0.39, 0.29) is 18.7 Å². The van der Waals surface area contributed by atoms with Crippen molar-refractivity contribution < 1.29 is 23.9 Å². The molecule has 0 aliphatic heterocycles. The van der Waals surface area contributed by atoms with Gasteiger partial charge in [-0.3, -0.25) is 14.4 Å². The molecule has 3 aromatic rings. The van der Waals surface area contributed by atoms with E-state index < -0.39 is 18.5 Å². The van der Waals surface area contributed by atoms with Gasteiger partial charge < -0.3 is 20.1 Å². The van der Waals surface area contributed by atoms with Gasteiger partial charge in [0, 0.05) is 33.7 Å². The zero-order valence-corrected chi connectivity index (χ0v) is 21.3. The Labute approximate surface area is 216 Å². The average molecular weight is 560 g/mol. The maximum absolute atomic E-state index is 12.2. The highest BCUT2D eigenvalue weighted by Crippen LogP contribution is 2.25. The molecule has 7 nitrogen and oxygen atoms in total. The van der Waals surface area contributed by atoms with Crippen LogP contribution in [0, 0.1) is 6.92 Å². The lowest BCUT2D eigenvalue weighted by atomic mass is 10.2. The van der Waals surface area contributed by atoms with Gasteiger partial charge in [-0.1, -0.05) is 33.6 Å². The summed E-state index contributed by atoms with van der Waals surface area (Å²) >= 11 is 9.40. The fraction of sp³-hybridized carbons (Fsp3) is 0.192. The lowest BCUT2D eigenvalue weighted by Gasteiger charge is -2.10. The van der Waals surface area contributed by atoms with Crippen LogP contribution in [0.3, 0.4) is 0 Å². The van der Waals surface area contributed by atoms with Crippen molar-refractivity contribution in [3.63, 3.8) is 0 Å². The highest BCUT2D eigenvalue weighted by atomic mass is 79.9. The number of nitrogens with one attached hydrogen (secondary N) is 2. The van der Waals surface area contributed by atoms with Gasteiger partial charge in [0.15, 0.2) is 6.61 Å². The number of hydrogen-bond donors (Lipinski definition) is 2. The SMILES string of the molecule is Cc1c(Cl)cccc1NC(=O)COC(=O)CCCC(=O)Nc1ccc(Oc2ccc(Br)cc2)cc1. The fourth-order valence-corrected chi connectivity index (χ4v) is 3.45. The van der Waals surface area contributed by atoms with Crippen molar-refractivity contribution in [2.45, 2.75) is 26.2 Å². The van der Waals surface area contributed by atoms with E-state index in [1.54, 1.807) is 49.4 Å². The summed E-state index contributed by atoms with van der Waals surface area (Å²) in [5.41, 5.74) is 1.91. The molecule has 0 saturated carbocycles. The summed E-state index contributed by atoms with van der Waals surface area (Å²) in [6.07, 6.45) is 0.460. The zero-order valence-electron chi connectivity index (χ0n) is 19.0. The Kier molecular flexibility index (Phi) is 9.69. The van der Waals surface area contributed by atoms with E-state index in [1.165, 1.54) is 0 Å². The zero-order chi connectivity index (χ0) is 25.2. The average Bonchev–Trinajstić information content (AvgIpc) is 2.83. The molecule has 182 valence electrons. The number of ether oxygens (including phenoxy) is 2. The first kappa shape index (κ1) is 26.2. The fourth-order valence-electron chi connectivity index (χ4n) is 3.01. The lowest BCUT2D eigenvalue weighted by molar-refractivity contribution is -0.147. The van der Waals surface area contributed by atoms with Crippen LogP contribution in [0.4, 0.5) is 11.4 Å². The molecule has 0 aromatic heterocycles. The molecule has 0 fully saturated rings. The van der Waals surface area contributed by atoms with Crippen LogP contribution in [-0.4, -0.2) is 24.4 Å². The van der Waals surface area contributed by atoms with Crippen LogP contribution >= 0.6 is 27.5 Å². The normalized spacial score (nSPS) is 10.4. The highest BCUT2D eigenvalue weighted by Gasteiger charge is 2.11. The van der Waals surface area contributed by atoms with Crippen LogP contribution in [0.15, 0.2) is 71.2 Å². The molecule has 0 radical (unpaired) electrons. The second kappa shape index (κ2) is 12.9. The van der Waals surface area contributed by atoms with Gasteiger partial charge in [-0.25, -0.2) is 0 Å². The minimum absolute atomic E-state index is 0.0247. The van der Waals surface area contributed by atoms with Crippen molar-refractivity contribution in [3.05, 3.63) is 81.8 Å². The first-order chi connectivity index (χ1) is 16.8. The van der Waals surface area contributed by atoms with E-state index in [0.29, 0.717) is 34.3 Å². The van der Waals surface area contributed by atoms with E-state index >= 15 is 0 Å². The largest absolute Gasteiger partial charge is 0.457 e. The molecule has 3 aromatic carbocycles. The molecular weight excluding hydrogens is 536 g/mol. The molecule has 35 heavy (non-hydrogen) atoms. The third kappa shape index (κ3) is 8.73. The van der Waals surface area contributed by atoms with E-state index in [2.05, 4.69) is 26.6 Å². The molecule has 3 rings (SSSR count). The summed E-state index contributed by atoms with van der Waals surface area (Å²) in [4.78, 5) is 36.1. The summed E-state index contributed by atoms with van der Waals surface area (Å²) in [7, 11) is 0. The smallest absolute Gasteiger partial charge is 0.306 e. The maximum Gasteiger partial charge on any atom is 0.306 e. The minimum atomic E-state index is -0.551. The van der Waals surface area contributed by atoms with Crippen LogP contribution in [0.1, 0.15) is 24.8 Å². The summed E-state index contributed by atoms with van der Waals surface area (Å²) in [6.45, 7) is 1.37. The predicted octanol–water partition coefficient (Wildman–Crippen LogP) is 6.49. The van der Waals surface area contributed by atoms with Gasteiger partial charge in [0.05, 0.1) is 0 Å². The molecule has 0 atom stereocenters. The third-order valence-corrected chi connectivity index (χ3v) is 5.82. The Morgan fingerprint density at radius 1 is 0.857 bits per heavy atom. The van der Waals surface area contributed by atoms with Gasteiger partial charge in [0.25, 0.3) is 5.91 Å². The molecule has 0 aliphatic carbocycles. The molecular formula is C26H24BrClN2O5. The van der Waals surface area contributed by atoms with Crippen molar-refractivity contribution >= 4 is 56.7 Å². The number of rotatable bonds is 10. The summed E-state index contributed by atoms with van der Waals surface area (Å²) < 4.78 is 11.7. The van der Waals surface area contributed by atoms with Crippen LogP contribution in [-0.2, 0) is 19.1 Å². The minimum Gasteiger partial charge on any atom is -0.457 e. The van der Waals surface area contributed by atoms with Gasteiger partial charge in [-0.2, -0.15) is 0 Å². The topological polar surface area (TPSA) is 93.7 Å². The second-order valence-corrected chi connectivity index (χ2v) is 8.93. The molecule has 0 spiro atoms. The number of carbonyl (C=O) groups excluding carboxylic acids is 3. The quantitative estimate of drug-likeness (QED) is 0.277. The van der Waals surface area contributed by atoms with Crippen molar-refractivity contribution in [2.75, 3.05) is 17.2 Å². The first-order valence-corrected chi connectivity index (χ1v) is 12.0. The monoisotopic (exact) mass is 558 g/mol. The number of benzene rings is 3. The summed E-state index contributed by atoms with van der Waals surface area (Å²) in [6, 6.07) is 19.6. The molecule has 0 aliphatic rings. The van der Waals surface area contributed by atoms with Crippen molar-refractivity contribution in [1.82, 2.24) is 0 Å². The molecule has 0 bridgehead atoms. The Balaban J connectivity index is 1.33. The van der Waals surface area contributed by atoms with Crippen molar-refractivity contribution in [2.24, 2.45) is 0 Å². The number of carbonyl (C=O) groups is 3. The predicted molar refractivity (Wildman–Crippen MR) is 139 cm³/mol. The van der Waals surface area contributed by atoms with Crippen molar-refractivity contribution in [3.8, 4) is 11.5 Å². The van der Waals surface area contributed by atoms with E-state index in [0.717, 1.165) is 10.0 Å². The van der Waals surface area contributed by atoms with E-state index in [1.807, 2.05) is 24.3 Å². The van der Waals surface area contributed by atoms with Gasteiger partial charge in [-0.15, -0.1) is 0 Å². The Bertz CT molecular complexity index is 1180. The lowest BCUT2D eigenvalue weighted by Crippen LogP contribution is -2.21. The summed E-state index contributed by atoms with van der Waals surface area (Å²) in [5.74, 6) is 0.101.